The Balaban J connectivity index is 0.00000289. The first-order valence-corrected chi connectivity index (χ1v) is 5.90. The molecule has 0 aromatic heterocycles. The van der Waals surface area contributed by atoms with Gasteiger partial charge in [0.05, 0.1) is 11.5 Å². The Kier molecular flexibility index (Phi) is 7.14. The van der Waals surface area contributed by atoms with E-state index in [9.17, 15) is 10.1 Å². The van der Waals surface area contributed by atoms with E-state index in [4.69, 9.17) is 15.9 Å². The van der Waals surface area contributed by atoms with E-state index in [0.717, 1.165) is 17.3 Å². The van der Waals surface area contributed by atoms with Crippen molar-refractivity contribution in [1.82, 2.24) is 0 Å². The van der Waals surface area contributed by atoms with Crippen molar-refractivity contribution in [3.05, 3.63) is 33.9 Å². The maximum atomic E-state index is 10.8. The number of nitrogens with one attached hydrogen (secondary N) is 1. The van der Waals surface area contributed by atoms with Crippen LogP contribution in [0.25, 0.3) is 0 Å². The SMILES string of the molecule is CCOc1ccc(CSC(=N)N)cc1[N+](=O)[O-].Cl. The molecule has 0 bridgehead atoms. The van der Waals surface area contributed by atoms with Gasteiger partial charge < -0.3 is 10.5 Å². The number of nitrogens with zero attached hydrogens (tertiary/aromatic N) is 1. The van der Waals surface area contributed by atoms with E-state index >= 15 is 0 Å². The molecule has 8 heteroatoms. The number of nitrogens with two attached hydrogens (primary N) is 1. The molecule has 0 saturated carbocycles. The Morgan fingerprint density at radius 3 is 2.78 bits per heavy atom. The van der Waals surface area contributed by atoms with Gasteiger partial charge in [0, 0.05) is 11.8 Å². The quantitative estimate of drug-likeness (QED) is 0.375. The highest BCUT2D eigenvalue weighted by atomic mass is 35.5. The summed E-state index contributed by atoms with van der Waals surface area (Å²) >= 11 is 1.12. The van der Waals surface area contributed by atoms with Crippen molar-refractivity contribution in [2.45, 2.75) is 12.7 Å². The summed E-state index contributed by atoms with van der Waals surface area (Å²) < 4.78 is 5.16. The molecule has 1 aromatic carbocycles. The normalized spacial score (nSPS) is 9.39. The summed E-state index contributed by atoms with van der Waals surface area (Å²) in [4.78, 5) is 10.4. The second-order valence-electron chi connectivity index (χ2n) is 3.15. The van der Waals surface area contributed by atoms with Gasteiger partial charge in [-0.2, -0.15) is 0 Å². The zero-order valence-electron chi connectivity index (χ0n) is 9.71. The van der Waals surface area contributed by atoms with Crippen LogP contribution in [0.2, 0.25) is 0 Å². The molecule has 1 aromatic rings. The van der Waals surface area contributed by atoms with Crippen LogP contribution in [0.1, 0.15) is 12.5 Å². The number of rotatable bonds is 5. The number of ether oxygens (including phenoxy) is 1. The average molecular weight is 292 g/mol. The van der Waals surface area contributed by atoms with E-state index in [1.165, 1.54) is 6.07 Å². The number of nitro groups is 1. The minimum atomic E-state index is -0.479. The molecule has 0 unspecified atom stereocenters. The molecule has 0 atom stereocenters. The molecular weight excluding hydrogens is 278 g/mol. The first-order chi connectivity index (χ1) is 8.04. The molecule has 0 saturated heterocycles. The fourth-order valence-electron chi connectivity index (χ4n) is 1.23. The smallest absolute Gasteiger partial charge is 0.311 e. The van der Waals surface area contributed by atoms with Crippen molar-refractivity contribution in [2.75, 3.05) is 6.61 Å². The highest BCUT2D eigenvalue weighted by Gasteiger charge is 2.15. The number of amidine groups is 1. The molecule has 1 rings (SSSR count). The molecule has 100 valence electrons. The van der Waals surface area contributed by atoms with Crippen LogP contribution in [0.4, 0.5) is 5.69 Å². The second-order valence-corrected chi connectivity index (χ2v) is 4.16. The number of benzene rings is 1. The van der Waals surface area contributed by atoms with Crippen LogP contribution in [-0.4, -0.2) is 16.7 Å². The second kappa shape index (κ2) is 7.78. The third-order valence-electron chi connectivity index (χ3n) is 1.91. The summed E-state index contributed by atoms with van der Waals surface area (Å²) in [5, 5.41) is 17.9. The molecular formula is C10H14ClN3O3S. The van der Waals surface area contributed by atoms with Crippen molar-refractivity contribution in [3.63, 3.8) is 0 Å². The lowest BCUT2D eigenvalue weighted by Crippen LogP contribution is -2.04. The monoisotopic (exact) mass is 291 g/mol. The van der Waals surface area contributed by atoms with Crippen LogP contribution < -0.4 is 10.5 Å². The molecule has 3 N–H and O–H groups in total. The van der Waals surface area contributed by atoms with Gasteiger partial charge >= 0.3 is 5.69 Å². The zero-order chi connectivity index (χ0) is 12.8. The van der Waals surface area contributed by atoms with Crippen molar-refractivity contribution in [3.8, 4) is 5.75 Å². The molecule has 0 aliphatic rings. The number of halogens is 1. The number of hydrogen-bond donors (Lipinski definition) is 2. The fraction of sp³-hybridized carbons (Fsp3) is 0.300. The van der Waals surface area contributed by atoms with Crippen molar-refractivity contribution in [1.29, 1.82) is 5.41 Å². The summed E-state index contributed by atoms with van der Waals surface area (Å²) in [6.07, 6.45) is 0. The topological polar surface area (TPSA) is 102 Å². The molecule has 0 heterocycles. The molecule has 0 aliphatic carbocycles. The Morgan fingerprint density at radius 2 is 2.28 bits per heavy atom. The van der Waals surface area contributed by atoms with Gasteiger partial charge in [-0.3, -0.25) is 15.5 Å². The molecule has 0 aliphatic heterocycles. The van der Waals surface area contributed by atoms with Crippen LogP contribution in [0.5, 0.6) is 5.75 Å². The average Bonchev–Trinajstić information content (AvgIpc) is 2.27. The van der Waals surface area contributed by atoms with Gasteiger partial charge in [-0.25, -0.2) is 0 Å². The summed E-state index contributed by atoms with van der Waals surface area (Å²) in [7, 11) is 0. The Morgan fingerprint density at radius 1 is 1.61 bits per heavy atom. The summed E-state index contributed by atoms with van der Waals surface area (Å²) in [5.41, 5.74) is 5.88. The molecule has 0 amide bonds. The van der Waals surface area contributed by atoms with Crippen LogP contribution in [0, 0.1) is 15.5 Å². The summed E-state index contributed by atoms with van der Waals surface area (Å²) in [6.45, 7) is 2.14. The first-order valence-electron chi connectivity index (χ1n) is 4.91. The van der Waals surface area contributed by atoms with Crippen molar-refractivity contribution in [2.24, 2.45) is 5.73 Å². The summed E-state index contributed by atoms with van der Waals surface area (Å²) in [6, 6.07) is 4.74. The molecule has 0 radical (unpaired) electrons. The van der Waals surface area contributed by atoms with Gasteiger partial charge in [0.25, 0.3) is 0 Å². The van der Waals surface area contributed by atoms with Crippen molar-refractivity contribution >= 4 is 35.0 Å². The lowest BCUT2D eigenvalue weighted by atomic mass is 10.2. The molecule has 0 fully saturated rings. The number of nitro benzene ring substituents is 1. The van der Waals surface area contributed by atoms with E-state index in [0.29, 0.717) is 12.4 Å². The maximum absolute atomic E-state index is 10.8. The van der Waals surface area contributed by atoms with Gasteiger partial charge in [-0.1, -0.05) is 17.8 Å². The summed E-state index contributed by atoms with van der Waals surface area (Å²) in [5.74, 6) is 0.692. The van der Waals surface area contributed by atoms with E-state index < -0.39 is 4.92 Å². The maximum Gasteiger partial charge on any atom is 0.311 e. The Bertz CT molecular complexity index is 442. The minimum Gasteiger partial charge on any atom is -0.487 e. The first kappa shape index (κ1) is 16.5. The number of thioether (sulfide) groups is 1. The Labute approximate surface area is 115 Å². The minimum absolute atomic E-state index is 0. The zero-order valence-corrected chi connectivity index (χ0v) is 11.3. The van der Waals surface area contributed by atoms with Gasteiger partial charge in [0.15, 0.2) is 10.9 Å². The third-order valence-corrected chi connectivity index (χ3v) is 2.70. The van der Waals surface area contributed by atoms with E-state index in [1.54, 1.807) is 19.1 Å². The predicted octanol–water partition coefficient (Wildman–Crippen LogP) is 2.54. The van der Waals surface area contributed by atoms with Gasteiger partial charge in [-0.05, 0) is 18.6 Å². The molecule has 0 spiro atoms. The standard InChI is InChI=1S/C10H13N3O3S.ClH/c1-2-16-9-4-3-7(6-17-10(11)12)5-8(9)13(14)15;/h3-5H,2,6H2,1H3,(H3,11,12);1H. The largest absolute Gasteiger partial charge is 0.487 e. The molecule has 6 nitrogen and oxygen atoms in total. The van der Waals surface area contributed by atoms with Gasteiger partial charge in [0.1, 0.15) is 0 Å². The van der Waals surface area contributed by atoms with Crippen LogP contribution >= 0.6 is 24.2 Å². The fourth-order valence-corrected chi connectivity index (χ4v) is 1.74. The Hall–Kier alpha value is -1.47. The predicted molar refractivity (Wildman–Crippen MR) is 74.7 cm³/mol. The molecule has 18 heavy (non-hydrogen) atoms. The van der Waals surface area contributed by atoms with Gasteiger partial charge in [-0.15, -0.1) is 12.4 Å². The lowest BCUT2D eigenvalue weighted by Gasteiger charge is -2.06. The van der Waals surface area contributed by atoms with E-state index in [-0.39, 0.29) is 29.0 Å². The highest BCUT2D eigenvalue weighted by molar-refractivity contribution is 8.13. The van der Waals surface area contributed by atoms with Gasteiger partial charge in [0.2, 0.25) is 0 Å². The van der Waals surface area contributed by atoms with E-state index in [2.05, 4.69) is 0 Å². The van der Waals surface area contributed by atoms with Crippen LogP contribution in [0.15, 0.2) is 18.2 Å². The van der Waals surface area contributed by atoms with Crippen LogP contribution in [0.3, 0.4) is 0 Å². The van der Waals surface area contributed by atoms with E-state index in [1.807, 2.05) is 0 Å². The van der Waals surface area contributed by atoms with Crippen LogP contribution in [-0.2, 0) is 5.75 Å². The van der Waals surface area contributed by atoms with Crippen molar-refractivity contribution < 1.29 is 9.66 Å². The number of hydrogen-bond acceptors (Lipinski definition) is 5. The third kappa shape index (κ3) is 4.80. The lowest BCUT2D eigenvalue weighted by molar-refractivity contribution is -0.385. The highest BCUT2D eigenvalue weighted by Crippen LogP contribution is 2.29.